The van der Waals surface area contributed by atoms with Gasteiger partial charge in [-0.25, -0.2) is 0 Å². The molecule has 0 unspecified atom stereocenters. The molecule has 54 heavy (non-hydrogen) atoms. The van der Waals surface area contributed by atoms with Gasteiger partial charge in [0, 0.05) is 33.8 Å². The number of phenols is 2. The van der Waals surface area contributed by atoms with Gasteiger partial charge in [-0.15, -0.1) is 0 Å². The molecule has 1 spiro atoms. The maximum atomic E-state index is 14.2. The van der Waals surface area contributed by atoms with Crippen LogP contribution >= 0.6 is 0 Å². The Kier molecular flexibility index (Phi) is 7.61. The molecular weight excluding hydrogens is 675 g/mol. The van der Waals surface area contributed by atoms with Crippen molar-refractivity contribution in [3.05, 3.63) is 58.2 Å². The summed E-state index contributed by atoms with van der Waals surface area (Å²) in [5.41, 5.74) is 3.80. The predicted octanol–water partition coefficient (Wildman–Crippen LogP) is 10.2. The second-order valence-corrected chi connectivity index (χ2v) is 19.7. The molecule has 0 saturated heterocycles. The number of phenolic OH excluding ortho intramolecular Hbond substituents is 2. The number of benzene rings is 2. The van der Waals surface area contributed by atoms with Gasteiger partial charge < -0.3 is 30.1 Å². The molecule has 288 valence electrons. The number of aliphatic hydroxyl groups excluding tert-OH is 1. The quantitative estimate of drug-likeness (QED) is 0.183. The summed E-state index contributed by atoms with van der Waals surface area (Å²) in [4.78, 5) is 14.2. The molecule has 7 heteroatoms. The highest BCUT2D eigenvalue weighted by atomic mass is 16.5. The largest absolute Gasteiger partial charge is 0.507 e. The lowest BCUT2D eigenvalue weighted by Crippen LogP contribution is -2.69. The predicted molar refractivity (Wildman–Crippen MR) is 215 cm³/mol. The SMILES string of the molecule is CC1=CC(=O)c2c3c(c(O)c4c(O)c5c(c1c24)O[C@@H](C)C5(C)C)N[C@]12C[C@@H](O)CC[C@]1(C)C1=CC[C@]4(C)[C@@H]([C@H](C)/C=C/[C@H](C)C(C)C)CC[C@H]4C1=C[C@@H]2O3. The maximum Gasteiger partial charge on any atom is 0.190 e. The van der Waals surface area contributed by atoms with Crippen molar-refractivity contribution >= 4 is 27.8 Å². The Bertz CT molecular complexity index is 2150. The molecule has 0 aromatic heterocycles. The molecule has 10 atom stereocenters. The maximum absolute atomic E-state index is 14.2. The van der Waals surface area contributed by atoms with Crippen molar-refractivity contribution in [3.8, 4) is 23.0 Å². The molecule has 2 saturated carbocycles. The number of rotatable bonds is 4. The summed E-state index contributed by atoms with van der Waals surface area (Å²) in [6.07, 6.45) is 15.2. The molecule has 0 bridgehead atoms. The van der Waals surface area contributed by atoms with Gasteiger partial charge in [0.2, 0.25) is 0 Å². The van der Waals surface area contributed by atoms with E-state index in [4.69, 9.17) is 9.47 Å². The minimum absolute atomic E-state index is 0.0614. The van der Waals surface area contributed by atoms with Crippen molar-refractivity contribution in [1.29, 1.82) is 0 Å². The molecule has 0 radical (unpaired) electrons. The van der Waals surface area contributed by atoms with Gasteiger partial charge in [0.25, 0.3) is 0 Å². The van der Waals surface area contributed by atoms with E-state index in [2.05, 4.69) is 71.2 Å². The van der Waals surface area contributed by atoms with Crippen LogP contribution in [0.4, 0.5) is 5.69 Å². The molecule has 2 heterocycles. The second-order valence-electron chi connectivity index (χ2n) is 19.7. The van der Waals surface area contributed by atoms with Crippen molar-refractivity contribution in [2.45, 2.75) is 137 Å². The van der Waals surface area contributed by atoms with Gasteiger partial charge in [-0.3, -0.25) is 4.79 Å². The second kappa shape index (κ2) is 11.4. The van der Waals surface area contributed by atoms with Crippen molar-refractivity contribution in [1.82, 2.24) is 0 Å². The lowest BCUT2D eigenvalue weighted by atomic mass is 9.47. The number of hydrogen-bond donors (Lipinski definition) is 4. The van der Waals surface area contributed by atoms with Crippen LogP contribution in [0.3, 0.4) is 0 Å². The van der Waals surface area contributed by atoms with E-state index < -0.39 is 28.6 Å². The number of hydrogen-bond acceptors (Lipinski definition) is 7. The van der Waals surface area contributed by atoms with E-state index in [9.17, 15) is 20.1 Å². The average Bonchev–Trinajstić information content (AvgIpc) is 3.57. The van der Waals surface area contributed by atoms with E-state index in [1.807, 2.05) is 27.7 Å². The van der Waals surface area contributed by atoms with Crippen LogP contribution in [0.15, 0.2) is 41.5 Å². The summed E-state index contributed by atoms with van der Waals surface area (Å²) < 4.78 is 13.7. The monoisotopic (exact) mass is 733 g/mol. The standard InChI is InChI=1S/C47H59NO6/c1-22(2)23(3)11-12-24(4)29-13-14-30-28-20-33-47(21-27(49)15-18-46(47,10)31(28)16-17-45(29,30)9)48-39-41(52)37-36-34(25(5)19-32(50)35(36)43(39)54-33)42-38(40(37)51)44(7,8)26(6)53-42/h11-12,16,19-20,22-24,26-27,29-30,33,48-49,51-52H,13-15,17-18,21H2,1-10H3/b12-11+/t23-,24+,26-,27-,29+,30-,33-,45+,46+,47-/m0/s1. The Labute approximate surface area is 320 Å². The van der Waals surface area contributed by atoms with Crippen LogP contribution in [0.2, 0.25) is 0 Å². The third-order valence-corrected chi connectivity index (χ3v) is 16.3. The van der Waals surface area contributed by atoms with E-state index in [1.54, 1.807) is 6.08 Å². The molecule has 2 aromatic carbocycles. The molecule has 4 N–H and O–H groups in total. The van der Waals surface area contributed by atoms with Crippen molar-refractivity contribution in [2.75, 3.05) is 5.32 Å². The smallest absolute Gasteiger partial charge is 0.190 e. The number of ketones is 1. The normalized spacial score (nSPS) is 36.7. The molecule has 9 rings (SSSR count). The topological polar surface area (TPSA) is 108 Å². The molecule has 5 aliphatic carbocycles. The molecule has 2 aromatic rings. The van der Waals surface area contributed by atoms with Crippen LogP contribution < -0.4 is 14.8 Å². The van der Waals surface area contributed by atoms with Gasteiger partial charge in [-0.05, 0) is 110 Å². The van der Waals surface area contributed by atoms with E-state index in [1.165, 1.54) is 17.6 Å². The highest BCUT2D eigenvalue weighted by molar-refractivity contribution is 6.27. The molecule has 7 nitrogen and oxygen atoms in total. The summed E-state index contributed by atoms with van der Waals surface area (Å²) in [5.74, 6) is 3.01. The number of anilines is 1. The molecule has 2 aliphatic heterocycles. The van der Waals surface area contributed by atoms with Gasteiger partial charge in [0.1, 0.15) is 29.4 Å². The lowest BCUT2D eigenvalue weighted by Gasteiger charge is -2.63. The first-order valence-electron chi connectivity index (χ1n) is 20.6. The summed E-state index contributed by atoms with van der Waals surface area (Å²) in [5, 5.41) is 40.5. The number of aromatic hydroxyl groups is 2. The summed E-state index contributed by atoms with van der Waals surface area (Å²) in [6, 6.07) is 0. The summed E-state index contributed by atoms with van der Waals surface area (Å²) in [6.45, 7) is 22.1. The van der Waals surface area contributed by atoms with E-state index in [-0.39, 0.29) is 34.2 Å². The molecule has 0 amide bonds. The zero-order valence-electron chi connectivity index (χ0n) is 33.8. The van der Waals surface area contributed by atoms with Crippen molar-refractivity contribution < 1.29 is 29.6 Å². The fourth-order valence-corrected chi connectivity index (χ4v) is 12.3. The average molecular weight is 734 g/mol. The van der Waals surface area contributed by atoms with E-state index in [0.717, 1.165) is 30.4 Å². The first-order chi connectivity index (χ1) is 25.4. The zero-order chi connectivity index (χ0) is 38.6. The molecule has 2 fully saturated rings. The fraction of sp³-hybridized carbons (Fsp3) is 0.596. The number of fused-ring (bicyclic) bond motifs is 8. The van der Waals surface area contributed by atoms with Crippen molar-refractivity contribution in [3.63, 3.8) is 0 Å². The fourth-order valence-electron chi connectivity index (χ4n) is 12.3. The number of ether oxygens (including phenoxy) is 2. The highest BCUT2D eigenvalue weighted by Crippen LogP contribution is 2.69. The number of aliphatic hydroxyl groups is 1. The number of carbonyl (C=O) groups is 1. The Morgan fingerprint density at radius 3 is 2.41 bits per heavy atom. The van der Waals surface area contributed by atoms with Crippen LogP contribution in [-0.4, -0.2) is 45.0 Å². The molecular formula is C47H59NO6. The Hall–Kier alpha value is -3.71. The van der Waals surface area contributed by atoms with Gasteiger partial charge in [-0.2, -0.15) is 0 Å². The highest BCUT2D eigenvalue weighted by Gasteiger charge is 2.66. The van der Waals surface area contributed by atoms with Crippen LogP contribution in [0.5, 0.6) is 23.0 Å². The minimum atomic E-state index is -0.796. The lowest BCUT2D eigenvalue weighted by molar-refractivity contribution is -0.0306. The first kappa shape index (κ1) is 36.0. The molecule has 7 aliphatic rings. The summed E-state index contributed by atoms with van der Waals surface area (Å²) >= 11 is 0. The van der Waals surface area contributed by atoms with Gasteiger partial charge in [-0.1, -0.05) is 73.6 Å². The van der Waals surface area contributed by atoms with Crippen LogP contribution in [0, 0.1) is 40.4 Å². The van der Waals surface area contributed by atoms with Crippen LogP contribution in [0.25, 0.3) is 16.3 Å². The van der Waals surface area contributed by atoms with Gasteiger partial charge >= 0.3 is 0 Å². The zero-order valence-corrected chi connectivity index (χ0v) is 33.8. The van der Waals surface area contributed by atoms with E-state index >= 15 is 0 Å². The minimum Gasteiger partial charge on any atom is -0.507 e. The van der Waals surface area contributed by atoms with Gasteiger partial charge in [0.15, 0.2) is 17.3 Å². The first-order valence-corrected chi connectivity index (χ1v) is 20.6. The Morgan fingerprint density at radius 1 is 0.944 bits per heavy atom. The summed E-state index contributed by atoms with van der Waals surface area (Å²) in [7, 11) is 0. The number of carbonyl (C=O) groups excluding carboxylic acids is 1. The van der Waals surface area contributed by atoms with E-state index in [0.29, 0.717) is 76.1 Å². The van der Waals surface area contributed by atoms with Gasteiger partial charge in [0.05, 0.1) is 22.6 Å². The Morgan fingerprint density at radius 2 is 1.69 bits per heavy atom. The third-order valence-electron chi connectivity index (χ3n) is 16.3. The van der Waals surface area contributed by atoms with Crippen molar-refractivity contribution in [2.24, 2.45) is 40.4 Å². The number of nitrogens with one attached hydrogen (secondary N) is 1. The van der Waals surface area contributed by atoms with Crippen LogP contribution in [0.1, 0.15) is 129 Å². The third kappa shape index (κ3) is 4.37. The Balaban J connectivity index is 1.22. The van der Waals surface area contributed by atoms with Crippen LogP contribution in [-0.2, 0) is 5.41 Å². The number of allylic oxidation sites excluding steroid dienone is 6.